The predicted octanol–water partition coefficient (Wildman–Crippen LogP) is 2.87. The fraction of sp³-hybridized carbons (Fsp3) is 0.412. The van der Waals surface area contributed by atoms with Gasteiger partial charge < -0.3 is 9.80 Å². The molecule has 5 heteroatoms. The van der Waals surface area contributed by atoms with E-state index in [1.54, 1.807) is 0 Å². The van der Waals surface area contributed by atoms with Crippen LogP contribution in [0, 0.1) is 26.6 Å². The van der Waals surface area contributed by atoms with Crippen molar-refractivity contribution in [1.82, 2.24) is 9.97 Å². The number of hydrogen-bond donors (Lipinski definition) is 0. The van der Waals surface area contributed by atoms with Crippen molar-refractivity contribution < 1.29 is 4.39 Å². The van der Waals surface area contributed by atoms with E-state index in [9.17, 15) is 4.39 Å². The summed E-state index contributed by atoms with van der Waals surface area (Å²) in [6.45, 7) is 9.69. The van der Waals surface area contributed by atoms with Gasteiger partial charge in [-0.05, 0) is 45.0 Å². The molecule has 1 fully saturated rings. The molecule has 1 aromatic carbocycles. The number of piperazine rings is 1. The molecule has 0 unspecified atom stereocenters. The summed E-state index contributed by atoms with van der Waals surface area (Å²) in [6.07, 6.45) is 0. The van der Waals surface area contributed by atoms with Crippen LogP contribution in [-0.2, 0) is 0 Å². The average Bonchev–Trinajstić information content (AvgIpc) is 2.52. The fourth-order valence-corrected chi connectivity index (χ4v) is 2.89. The lowest BCUT2D eigenvalue weighted by atomic mass is 10.2. The van der Waals surface area contributed by atoms with Crippen molar-refractivity contribution in [2.45, 2.75) is 20.8 Å². The second-order valence-corrected chi connectivity index (χ2v) is 5.76. The molecule has 2 aromatic rings. The van der Waals surface area contributed by atoms with Gasteiger partial charge in [-0.25, -0.2) is 14.4 Å². The third kappa shape index (κ3) is 2.89. The molecule has 0 saturated carbocycles. The molecule has 0 amide bonds. The lowest BCUT2D eigenvalue weighted by molar-refractivity contribution is 0.623. The summed E-state index contributed by atoms with van der Waals surface area (Å²) in [5, 5.41) is 0. The highest BCUT2D eigenvalue weighted by molar-refractivity contribution is 5.52. The maximum Gasteiger partial charge on any atom is 0.135 e. The molecule has 0 radical (unpaired) electrons. The monoisotopic (exact) mass is 300 g/mol. The van der Waals surface area contributed by atoms with Crippen LogP contribution in [0.1, 0.15) is 17.1 Å². The maximum absolute atomic E-state index is 13.0. The third-order valence-corrected chi connectivity index (χ3v) is 4.25. The molecular formula is C17H21FN4. The van der Waals surface area contributed by atoms with Gasteiger partial charge >= 0.3 is 0 Å². The quantitative estimate of drug-likeness (QED) is 0.853. The first kappa shape index (κ1) is 14.8. The van der Waals surface area contributed by atoms with Crippen LogP contribution < -0.4 is 9.80 Å². The Morgan fingerprint density at radius 3 is 2.09 bits per heavy atom. The van der Waals surface area contributed by atoms with Crippen LogP contribution in [0.3, 0.4) is 0 Å². The topological polar surface area (TPSA) is 32.3 Å². The molecule has 22 heavy (non-hydrogen) atoms. The fourth-order valence-electron chi connectivity index (χ4n) is 2.89. The van der Waals surface area contributed by atoms with Gasteiger partial charge in [-0.3, -0.25) is 0 Å². The molecule has 1 aromatic heterocycles. The highest BCUT2D eigenvalue weighted by Gasteiger charge is 2.20. The van der Waals surface area contributed by atoms with E-state index in [1.807, 2.05) is 26.0 Å². The number of halogens is 1. The zero-order valence-electron chi connectivity index (χ0n) is 13.3. The van der Waals surface area contributed by atoms with Gasteiger partial charge in [0.05, 0.1) is 0 Å². The van der Waals surface area contributed by atoms with Gasteiger partial charge in [0.1, 0.15) is 17.5 Å². The van der Waals surface area contributed by atoms with Crippen molar-refractivity contribution in [2.75, 3.05) is 36.0 Å². The van der Waals surface area contributed by atoms with Crippen molar-refractivity contribution in [3.05, 3.63) is 47.2 Å². The Morgan fingerprint density at radius 2 is 1.45 bits per heavy atom. The molecule has 0 spiro atoms. The first-order valence-corrected chi connectivity index (χ1v) is 7.62. The Labute approximate surface area is 130 Å². The summed E-state index contributed by atoms with van der Waals surface area (Å²) in [7, 11) is 0. The number of anilines is 2. The van der Waals surface area contributed by atoms with Crippen molar-refractivity contribution in [1.29, 1.82) is 0 Å². The van der Waals surface area contributed by atoms with Crippen molar-refractivity contribution in [3.8, 4) is 0 Å². The van der Waals surface area contributed by atoms with Gasteiger partial charge in [0.15, 0.2) is 0 Å². The smallest absolute Gasteiger partial charge is 0.135 e. The van der Waals surface area contributed by atoms with Crippen LogP contribution in [0.5, 0.6) is 0 Å². The van der Waals surface area contributed by atoms with Gasteiger partial charge in [-0.1, -0.05) is 0 Å². The normalized spacial score (nSPS) is 15.3. The minimum Gasteiger partial charge on any atom is -0.368 e. The van der Waals surface area contributed by atoms with Crippen LogP contribution in [0.25, 0.3) is 0 Å². The second-order valence-electron chi connectivity index (χ2n) is 5.76. The van der Waals surface area contributed by atoms with Crippen LogP contribution in [0.4, 0.5) is 15.9 Å². The third-order valence-electron chi connectivity index (χ3n) is 4.25. The highest BCUT2D eigenvalue weighted by Crippen LogP contribution is 2.23. The SMILES string of the molecule is Cc1nc(C)c(C)c(N2CCN(c3ccc(F)cc3)CC2)n1. The number of hydrogen-bond acceptors (Lipinski definition) is 4. The van der Waals surface area contributed by atoms with E-state index >= 15 is 0 Å². The average molecular weight is 300 g/mol. The van der Waals surface area contributed by atoms with E-state index in [0.29, 0.717) is 0 Å². The summed E-state index contributed by atoms with van der Waals surface area (Å²) in [5.74, 6) is 1.67. The highest BCUT2D eigenvalue weighted by atomic mass is 19.1. The van der Waals surface area contributed by atoms with E-state index in [1.165, 1.54) is 12.1 Å². The van der Waals surface area contributed by atoms with Gasteiger partial charge in [0.2, 0.25) is 0 Å². The van der Waals surface area contributed by atoms with Crippen LogP contribution in [0.15, 0.2) is 24.3 Å². The molecule has 4 nitrogen and oxygen atoms in total. The van der Waals surface area contributed by atoms with E-state index in [4.69, 9.17) is 0 Å². The minimum atomic E-state index is -0.190. The van der Waals surface area contributed by atoms with Crippen LogP contribution in [0.2, 0.25) is 0 Å². The lowest BCUT2D eigenvalue weighted by Crippen LogP contribution is -2.47. The van der Waals surface area contributed by atoms with Crippen molar-refractivity contribution in [2.24, 2.45) is 0 Å². The van der Waals surface area contributed by atoms with Crippen molar-refractivity contribution >= 4 is 11.5 Å². The summed E-state index contributed by atoms with van der Waals surface area (Å²) in [4.78, 5) is 13.6. The molecule has 1 aliphatic heterocycles. The minimum absolute atomic E-state index is 0.190. The molecular weight excluding hydrogens is 279 g/mol. The number of aryl methyl sites for hydroxylation is 2. The molecule has 2 heterocycles. The molecule has 0 aliphatic carbocycles. The molecule has 3 rings (SSSR count). The summed E-state index contributed by atoms with van der Waals surface area (Å²) < 4.78 is 13.0. The molecule has 1 aliphatic rings. The zero-order chi connectivity index (χ0) is 15.7. The van der Waals surface area contributed by atoms with Crippen LogP contribution in [-0.4, -0.2) is 36.1 Å². The Hall–Kier alpha value is -2.17. The van der Waals surface area contributed by atoms with Gasteiger partial charge in [0, 0.05) is 43.1 Å². The number of aromatic nitrogens is 2. The molecule has 116 valence electrons. The number of benzene rings is 1. The molecule has 0 atom stereocenters. The first-order chi connectivity index (χ1) is 10.5. The summed E-state index contributed by atoms with van der Waals surface area (Å²) in [6, 6.07) is 6.72. The zero-order valence-corrected chi connectivity index (χ0v) is 13.3. The first-order valence-electron chi connectivity index (χ1n) is 7.62. The predicted molar refractivity (Wildman–Crippen MR) is 87.1 cm³/mol. The summed E-state index contributed by atoms with van der Waals surface area (Å²) in [5.41, 5.74) is 3.28. The maximum atomic E-state index is 13.0. The molecule has 0 N–H and O–H groups in total. The van der Waals surface area contributed by atoms with Crippen molar-refractivity contribution in [3.63, 3.8) is 0 Å². The Balaban J connectivity index is 1.73. The van der Waals surface area contributed by atoms with E-state index < -0.39 is 0 Å². The Morgan fingerprint density at radius 1 is 0.864 bits per heavy atom. The van der Waals surface area contributed by atoms with E-state index in [2.05, 4.69) is 26.7 Å². The summed E-state index contributed by atoms with van der Waals surface area (Å²) >= 11 is 0. The largest absolute Gasteiger partial charge is 0.368 e. The standard InChI is InChI=1S/C17H21FN4/c1-12-13(2)19-14(3)20-17(12)22-10-8-21(9-11-22)16-6-4-15(18)5-7-16/h4-7H,8-11H2,1-3H3. The van der Waals surface area contributed by atoms with Crippen LogP contribution >= 0.6 is 0 Å². The van der Waals surface area contributed by atoms with E-state index in [0.717, 1.165) is 54.8 Å². The second kappa shape index (κ2) is 5.91. The lowest BCUT2D eigenvalue weighted by Gasteiger charge is -2.37. The van der Waals surface area contributed by atoms with Gasteiger partial charge in [-0.2, -0.15) is 0 Å². The number of nitrogens with zero attached hydrogens (tertiary/aromatic N) is 4. The molecule has 0 bridgehead atoms. The number of rotatable bonds is 2. The van der Waals surface area contributed by atoms with E-state index in [-0.39, 0.29) is 5.82 Å². The van der Waals surface area contributed by atoms with Gasteiger partial charge in [0.25, 0.3) is 0 Å². The Bertz CT molecular complexity index is 661. The molecule has 1 saturated heterocycles. The van der Waals surface area contributed by atoms with Gasteiger partial charge in [-0.15, -0.1) is 0 Å². The Kier molecular flexibility index (Phi) is 3.96.